The SMILES string of the molecule is COc1ccc(C(=O)N2CCOC(C(=O)O)C2)c(OC)c1OC. The second-order valence-electron chi connectivity index (χ2n) is 4.83. The van der Waals surface area contributed by atoms with E-state index in [1.807, 2.05) is 0 Å². The minimum atomic E-state index is -1.10. The van der Waals surface area contributed by atoms with Gasteiger partial charge in [0.25, 0.3) is 5.91 Å². The van der Waals surface area contributed by atoms with E-state index in [1.54, 1.807) is 12.1 Å². The van der Waals surface area contributed by atoms with Gasteiger partial charge in [-0.25, -0.2) is 4.79 Å². The molecule has 1 heterocycles. The predicted octanol–water partition coefficient (Wildman–Crippen LogP) is 0.638. The molecule has 1 aromatic rings. The van der Waals surface area contributed by atoms with Crippen molar-refractivity contribution in [1.82, 2.24) is 4.90 Å². The van der Waals surface area contributed by atoms with E-state index in [0.29, 0.717) is 18.0 Å². The van der Waals surface area contributed by atoms with Crippen LogP contribution in [0.15, 0.2) is 12.1 Å². The lowest BCUT2D eigenvalue weighted by atomic mass is 10.1. The molecule has 1 fully saturated rings. The number of carboxylic acids is 1. The van der Waals surface area contributed by atoms with Gasteiger partial charge in [0.1, 0.15) is 0 Å². The number of methoxy groups -OCH3 is 3. The number of morpholine rings is 1. The Morgan fingerprint density at radius 3 is 2.43 bits per heavy atom. The fourth-order valence-electron chi connectivity index (χ4n) is 2.42. The third kappa shape index (κ3) is 3.31. The van der Waals surface area contributed by atoms with Gasteiger partial charge in [0.05, 0.1) is 40.0 Å². The molecule has 0 aliphatic carbocycles. The zero-order valence-electron chi connectivity index (χ0n) is 13.2. The third-order valence-electron chi connectivity index (χ3n) is 3.56. The molecule has 23 heavy (non-hydrogen) atoms. The summed E-state index contributed by atoms with van der Waals surface area (Å²) in [6.45, 7) is 0.449. The first-order valence-corrected chi connectivity index (χ1v) is 6.96. The standard InChI is InChI=1S/C15H19NO7/c1-20-10-5-4-9(12(21-2)13(10)22-3)14(17)16-6-7-23-11(8-16)15(18)19/h4-5,11H,6-8H2,1-3H3,(H,18,19). The first-order valence-electron chi connectivity index (χ1n) is 6.96. The molecule has 1 unspecified atom stereocenters. The summed E-state index contributed by atoms with van der Waals surface area (Å²) < 4.78 is 20.9. The number of carbonyl (C=O) groups is 2. The van der Waals surface area contributed by atoms with Crippen molar-refractivity contribution in [3.63, 3.8) is 0 Å². The van der Waals surface area contributed by atoms with Gasteiger partial charge >= 0.3 is 5.97 Å². The van der Waals surface area contributed by atoms with Gasteiger partial charge in [0, 0.05) is 6.54 Å². The minimum absolute atomic E-state index is 0.0222. The average Bonchev–Trinajstić information content (AvgIpc) is 2.59. The highest BCUT2D eigenvalue weighted by atomic mass is 16.5. The van der Waals surface area contributed by atoms with E-state index in [4.69, 9.17) is 24.1 Å². The van der Waals surface area contributed by atoms with E-state index in [2.05, 4.69) is 0 Å². The number of nitrogens with zero attached hydrogens (tertiary/aromatic N) is 1. The molecule has 1 amide bonds. The Labute approximate surface area is 133 Å². The summed E-state index contributed by atoms with van der Waals surface area (Å²) in [5.41, 5.74) is 0.274. The lowest BCUT2D eigenvalue weighted by Gasteiger charge is -2.31. The summed E-state index contributed by atoms with van der Waals surface area (Å²) >= 11 is 0. The van der Waals surface area contributed by atoms with Gasteiger partial charge < -0.3 is 29.0 Å². The normalized spacial score (nSPS) is 17.5. The lowest BCUT2D eigenvalue weighted by molar-refractivity contribution is -0.154. The molecular weight excluding hydrogens is 306 g/mol. The molecule has 0 saturated carbocycles. The molecule has 1 aliphatic rings. The monoisotopic (exact) mass is 325 g/mol. The van der Waals surface area contributed by atoms with Crippen LogP contribution >= 0.6 is 0 Å². The Hall–Kier alpha value is -2.48. The van der Waals surface area contributed by atoms with E-state index < -0.39 is 12.1 Å². The molecule has 126 valence electrons. The second-order valence-corrected chi connectivity index (χ2v) is 4.83. The Morgan fingerprint density at radius 1 is 1.17 bits per heavy atom. The fraction of sp³-hybridized carbons (Fsp3) is 0.467. The molecule has 1 saturated heterocycles. The zero-order chi connectivity index (χ0) is 17.0. The number of aliphatic carboxylic acids is 1. The number of carbonyl (C=O) groups excluding carboxylic acids is 1. The van der Waals surface area contributed by atoms with E-state index in [-0.39, 0.29) is 30.4 Å². The molecule has 8 nitrogen and oxygen atoms in total. The molecule has 1 aliphatic heterocycles. The van der Waals surface area contributed by atoms with E-state index in [9.17, 15) is 9.59 Å². The maximum Gasteiger partial charge on any atom is 0.334 e. The molecule has 0 aromatic heterocycles. The van der Waals surface area contributed by atoms with Crippen LogP contribution in [0.2, 0.25) is 0 Å². The maximum atomic E-state index is 12.7. The first kappa shape index (κ1) is 16.9. The van der Waals surface area contributed by atoms with Crippen LogP contribution in [0, 0.1) is 0 Å². The highest BCUT2D eigenvalue weighted by molar-refractivity contribution is 5.98. The Kier molecular flexibility index (Phi) is 5.28. The van der Waals surface area contributed by atoms with E-state index in [1.165, 1.54) is 26.2 Å². The summed E-state index contributed by atoms with van der Waals surface area (Å²) in [6, 6.07) is 3.16. The van der Waals surface area contributed by atoms with Crippen molar-refractivity contribution < 1.29 is 33.6 Å². The molecule has 2 rings (SSSR count). The number of rotatable bonds is 5. The van der Waals surface area contributed by atoms with Gasteiger partial charge in [-0.2, -0.15) is 0 Å². The summed E-state index contributed by atoms with van der Waals surface area (Å²) in [4.78, 5) is 25.2. The number of benzene rings is 1. The van der Waals surface area contributed by atoms with Crippen molar-refractivity contribution in [1.29, 1.82) is 0 Å². The number of hydrogen-bond donors (Lipinski definition) is 1. The molecule has 1 atom stereocenters. The highest BCUT2D eigenvalue weighted by Gasteiger charge is 2.31. The van der Waals surface area contributed by atoms with Crippen LogP contribution in [-0.2, 0) is 9.53 Å². The maximum absolute atomic E-state index is 12.7. The second kappa shape index (κ2) is 7.19. The molecule has 0 spiro atoms. The van der Waals surface area contributed by atoms with Crippen molar-refractivity contribution in [2.45, 2.75) is 6.10 Å². The van der Waals surface area contributed by atoms with Gasteiger partial charge in [-0.05, 0) is 12.1 Å². The Morgan fingerprint density at radius 2 is 1.87 bits per heavy atom. The summed E-state index contributed by atoms with van der Waals surface area (Å²) in [5, 5.41) is 9.04. The van der Waals surface area contributed by atoms with E-state index in [0.717, 1.165) is 0 Å². The summed E-state index contributed by atoms with van der Waals surface area (Å²) in [6.07, 6.45) is -1.03. The largest absolute Gasteiger partial charge is 0.493 e. The van der Waals surface area contributed by atoms with Crippen LogP contribution in [-0.4, -0.2) is 69.0 Å². The molecule has 0 bridgehead atoms. The van der Waals surface area contributed by atoms with Crippen LogP contribution in [0.4, 0.5) is 0 Å². The number of hydrogen-bond acceptors (Lipinski definition) is 6. The number of amides is 1. The first-order chi connectivity index (χ1) is 11.0. The van der Waals surface area contributed by atoms with Gasteiger partial charge in [-0.15, -0.1) is 0 Å². The van der Waals surface area contributed by atoms with Crippen molar-refractivity contribution in [3.05, 3.63) is 17.7 Å². The summed E-state index contributed by atoms with van der Waals surface area (Å²) in [7, 11) is 4.36. The lowest BCUT2D eigenvalue weighted by Crippen LogP contribution is -2.48. The molecular formula is C15H19NO7. The zero-order valence-corrected chi connectivity index (χ0v) is 13.2. The van der Waals surface area contributed by atoms with Crippen LogP contribution in [0.5, 0.6) is 17.2 Å². The van der Waals surface area contributed by atoms with Gasteiger partial charge in [-0.1, -0.05) is 0 Å². The summed E-state index contributed by atoms with van der Waals surface area (Å²) in [5.74, 6) is -0.454. The van der Waals surface area contributed by atoms with Crippen LogP contribution in [0.25, 0.3) is 0 Å². The quantitative estimate of drug-likeness (QED) is 0.849. The molecule has 0 radical (unpaired) electrons. The van der Waals surface area contributed by atoms with Crippen LogP contribution in [0.3, 0.4) is 0 Å². The van der Waals surface area contributed by atoms with Gasteiger partial charge in [-0.3, -0.25) is 4.79 Å². The Bertz CT molecular complexity index is 602. The predicted molar refractivity (Wildman–Crippen MR) is 79.4 cm³/mol. The third-order valence-corrected chi connectivity index (χ3v) is 3.56. The van der Waals surface area contributed by atoms with Crippen molar-refractivity contribution in [3.8, 4) is 17.2 Å². The number of ether oxygens (including phenoxy) is 4. The fourth-order valence-corrected chi connectivity index (χ4v) is 2.42. The molecule has 8 heteroatoms. The molecule has 1 N–H and O–H groups in total. The van der Waals surface area contributed by atoms with Crippen molar-refractivity contribution >= 4 is 11.9 Å². The van der Waals surface area contributed by atoms with Gasteiger partial charge in [0.15, 0.2) is 17.6 Å². The van der Waals surface area contributed by atoms with E-state index >= 15 is 0 Å². The number of carboxylic acid groups (broad SMARTS) is 1. The average molecular weight is 325 g/mol. The smallest absolute Gasteiger partial charge is 0.334 e. The van der Waals surface area contributed by atoms with Gasteiger partial charge in [0.2, 0.25) is 5.75 Å². The van der Waals surface area contributed by atoms with Crippen LogP contribution in [0.1, 0.15) is 10.4 Å². The van der Waals surface area contributed by atoms with Crippen LogP contribution < -0.4 is 14.2 Å². The van der Waals surface area contributed by atoms with Crippen molar-refractivity contribution in [2.75, 3.05) is 41.0 Å². The molecule has 1 aromatic carbocycles. The Balaban J connectivity index is 2.33. The highest BCUT2D eigenvalue weighted by Crippen LogP contribution is 2.40. The van der Waals surface area contributed by atoms with Crippen molar-refractivity contribution in [2.24, 2.45) is 0 Å². The topological polar surface area (TPSA) is 94.5 Å². The minimum Gasteiger partial charge on any atom is -0.493 e.